The summed E-state index contributed by atoms with van der Waals surface area (Å²) in [7, 11) is 1.50. The van der Waals surface area contributed by atoms with Crippen molar-refractivity contribution in [2.24, 2.45) is 5.92 Å². The molecule has 2 aromatic heterocycles. The number of piperidine rings is 1. The van der Waals surface area contributed by atoms with Gasteiger partial charge in [-0.3, -0.25) is 15.1 Å². The van der Waals surface area contributed by atoms with Crippen molar-refractivity contribution < 1.29 is 9.66 Å². The molecule has 9 nitrogen and oxygen atoms in total. The highest BCUT2D eigenvalue weighted by Crippen LogP contribution is 2.45. The number of hydrogen-bond acceptors (Lipinski definition) is 6. The van der Waals surface area contributed by atoms with Crippen molar-refractivity contribution in [1.29, 1.82) is 0 Å². The van der Waals surface area contributed by atoms with Crippen LogP contribution in [0.4, 0.5) is 17.1 Å². The third-order valence-corrected chi connectivity index (χ3v) is 9.46. The topological polar surface area (TPSA) is 88.7 Å². The maximum absolute atomic E-state index is 12.1. The molecule has 0 amide bonds. The summed E-state index contributed by atoms with van der Waals surface area (Å²) in [4.78, 5) is 20.9. The van der Waals surface area contributed by atoms with Gasteiger partial charge in [-0.25, -0.2) is 0 Å². The molecule has 0 spiro atoms. The molecular weight excluding hydrogens is 596 g/mol. The second-order valence-electron chi connectivity index (χ2n) is 11.6. The van der Waals surface area contributed by atoms with Crippen LogP contribution in [0.25, 0.3) is 5.69 Å². The summed E-state index contributed by atoms with van der Waals surface area (Å²) >= 11 is 12.9. The van der Waals surface area contributed by atoms with Gasteiger partial charge in [-0.15, -0.1) is 0 Å². The van der Waals surface area contributed by atoms with Gasteiger partial charge in [0.1, 0.15) is 11.4 Å². The maximum Gasteiger partial charge on any atom is 0.296 e. The number of methoxy groups -OCH3 is 1. The molecule has 2 atom stereocenters. The van der Waals surface area contributed by atoms with Crippen LogP contribution in [-0.2, 0) is 0 Å². The zero-order valence-corrected chi connectivity index (χ0v) is 26.7. The molecule has 4 heterocycles. The van der Waals surface area contributed by atoms with Gasteiger partial charge < -0.3 is 24.4 Å². The molecule has 0 saturated carbocycles. The summed E-state index contributed by atoms with van der Waals surface area (Å²) in [6.45, 7) is 8.20. The van der Waals surface area contributed by atoms with E-state index >= 15 is 0 Å². The molecule has 1 N–H and O–H groups in total. The molecular formula is C33H35ClN6O3S. The van der Waals surface area contributed by atoms with Crippen molar-refractivity contribution in [3.05, 3.63) is 105 Å². The van der Waals surface area contributed by atoms with E-state index in [0.29, 0.717) is 21.6 Å². The monoisotopic (exact) mass is 630 g/mol. The number of aryl methyl sites for hydroxylation is 1. The van der Waals surface area contributed by atoms with E-state index in [4.69, 9.17) is 28.6 Å². The van der Waals surface area contributed by atoms with Gasteiger partial charge in [-0.1, -0.05) is 24.6 Å². The zero-order valence-electron chi connectivity index (χ0n) is 25.2. The first-order valence-electron chi connectivity index (χ1n) is 14.7. The molecule has 2 aliphatic heterocycles. The van der Waals surface area contributed by atoms with Crippen molar-refractivity contribution in [2.75, 3.05) is 30.0 Å². The van der Waals surface area contributed by atoms with E-state index < -0.39 is 0 Å². The molecule has 6 rings (SSSR count). The number of aromatic nitrogens is 2. The first-order chi connectivity index (χ1) is 21.2. The van der Waals surface area contributed by atoms with Crippen LogP contribution in [-0.4, -0.2) is 39.8 Å². The summed E-state index contributed by atoms with van der Waals surface area (Å²) in [5, 5.41) is 16.9. The lowest BCUT2D eigenvalue weighted by Crippen LogP contribution is -2.33. The highest BCUT2D eigenvalue weighted by atomic mass is 35.5. The summed E-state index contributed by atoms with van der Waals surface area (Å²) in [6.07, 6.45) is 4.07. The SMILES string of the molecule is COc1ccc(-n2c(C)cc([C@@H]3[C@H](c4ccccn4)NC(=S)N3c3ccc(N4CCC(C)CC4)c(Cl)c3)c2C)c([N+](=O)[O-])c1. The quantitative estimate of drug-likeness (QED) is 0.128. The van der Waals surface area contributed by atoms with Gasteiger partial charge >= 0.3 is 0 Å². The lowest BCUT2D eigenvalue weighted by molar-refractivity contribution is -0.384. The normalized spacial score (nSPS) is 18.9. The molecule has 2 aromatic carbocycles. The number of hydrogen-bond donors (Lipinski definition) is 1. The van der Waals surface area contributed by atoms with Gasteiger partial charge in [0.15, 0.2) is 5.11 Å². The lowest BCUT2D eigenvalue weighted by atomic mass is 9.96. The van der Waals surface area contributed by atoms with E-state index in [0.717, 1.165) is 65.9 Å². The zero-order chi connectivity index (χ0) is 31.1. The van der Waals surface area contributed by atoms with E-state index in [-0.39, 0.29) is 22.7 Å². The predicted molar refractivity (Wildman–Crippen MR) is 178 cm³/mol. The Labute approximate surface area is 267 Å². The van der Waals surface area contributed by atoms with Crippen LogP contribution in [0.3, 0.4) is 0 Å². The van der Waals surface area contributed by atoms with E-state index in [2.05, 4.69) is 45.2 Å². The van der Waals surface area contributed by atoms with Crippen LogP contribution >= 0.6 is 23.8 Å². The molecule has 2 fully saturated rings. The molecule has 2 saturated heterocycles. The molecule has 0 radical (unpaired) electrons. The van der Waals surface area contributed by atoms with E-state index in [1.54, 1.807) is 18.3 Å². The first-order valence-corrected chi connectivity index (χ1v) is 15.5. The number of benzene rings is 2. The van der Waals surface area contributed by atoms with Crippen molar-refractivity contribution >= 4 is 46.0 Å². The third-order valence-electron chi connectivity index (χ3n) is 8.84. The van der Waals surface area contributed by atoms with Gasteiger partial charge in [0, 0.05) is 36.4 Å². The largest absolute Gasteiger partial charge is 0.496 e. The van der Waals surface area contributed by atoms with Gasteiger partial charge in [-0.2, -0.15) is 0 Å². The van der Waals surface area contributed by atoms with Gasteiger partial charge in [-0.05, 0) is 98.9 Å². The molecule has 2 aliphatic rings. The number of pyridine rings is 1. The van der Waals surface area contributed by atoms with E-state index in [9.17, 15) is 10.1 Å². The fourth-order valence-corrected chi connectivity index (χ4v) is 7.16. The van der Waals surface area contributed by atoms with Crippen LogP contribution < -0.4 is 19.9 Å². The number of rotatable bonds is 7. The number of nitrogens with one attached hydrogen (secondary N) is 1. The number of nitrogens with zero attached hydrogens (tertiary/aromatic N) is 5. The van der Waals surface area contributed by atoms with Crippen LogP contribution in [0.15, 0.2) is 66.9 Å². The van der Waals surface area contributed by atoms with E-state index in [1.165, 1.54) is 13.2 Å². The summed E-state index contributed by atoms with van der Waals surface area (Å²) in [5.74, 6) is 1.15. The first kappa shape index (κ1) is 29.9. The van der Waals surface area contributed by atoms with Gasteiger partial charge in [0.25, 0.3) is 5.69 Å². The molecule has 0 bridgehead atoms. The highest BCUT2D eigenvalue weighted by Gasteiger charge is 2.42. The summed E-state index contributed by atoms with van der Waals surface area (Å²) < 4.78 is 7.20. The number of thiocarbonyl (C=S) groups is 1. The molecule has 228 valence electrons. The number of nitro groups is 1. The van der Waals surface area contributed by atoms with Crippen LogP contribution in [0.2, 0.25) is 5.02 Å². The highest BCUT2D eigenvalue weighted by molar-refractivity contribution is 7.80. The Morgan fingerprint density at radius 2 is 1.82 bits per heavy atom. The molecule has 0 aliphatic carbocycles. The van der Waals surface area contributed by atoms with E-state index in [1.807, 2.05) is 42.7 Å². The standard InChI is InChI=1S/C33H35ClN6O3S/c1-20-12-15-37(16-13-20)28-10-8-23(18-26(28)34)39-32(31(36-33(39)44)27-7-5-6-14-35-27)25-17-21(2)38(22(25)3)29-11-9-24(43-4)19-30(29)40(41)42/h5-11,14,17-20,31-32H,12-13,15-16H2,1-4H3,(H,36,44)/t31-,32+/m0/s1. The lowest BCUT2D eigenvalue weighted by Gasteiger charge is -2.33. The Morgan fingerprint density at radius 3 is 2.48 bits per heavy atom. The molecule has 0 unspecified atom stereocenters. The number of ether oxygens (including phenoxy) is 1. The maximum atomic E-state index is 12.1. The molecule has 4 aromatic rings. The Balaban J connectivity index is 1.46. The minimum absolute atomic E-state index is 0.0367. The molecule has 11 heteroatoms. The fourth-order valence-electron chi connectivity index (χ4n) is 6.52. The Bertz CT molecular complexity index is 1720. The minimum Gasteiger partial charge on any atom is -0.496 e. The number of halogens is 1. The summed E-state index contributed by atoms with van der Waals surface area (Å²) in [6, 6.07) is 18.4. The predicted octanol–water partition coefficient (Wildman–Crippen LogP) is 7.47. The molecule has 44 heavy (non-hydrogen) atoms. The van der Waals surface area contributed by atoms with Crippen molar-refractivity contribution in [2.45, 2.75) is 45.7 Å². The van der Waals surface area contributed by atoms with Gasteiger partial charge in [0.2, 0.25) is 0 Å². The third kappa shape index (κ3) is 5.37. The number of anilines is 2. The Hall–Kier alpha value is -4.15. The fraction of sp³-hybridized carbons (Fsp3) is 0.333. The number of nitro benzene ring substituents is 1. The van der Waals surface area contributed by atoms with Crippen molar-refractivity contribution in [3.63, 3.8) is 0 Å². The smallest absolute Gasteiger partial charge is 0.296 e. The van der Waals surface area contributed by atoms with Crippen LogP contribution in [0.1, 0.15) is 54.5 Å². The van der Waals surface area contributed by atoms with Gasteiger partial charge in [0.05, 0.1) is 46.6 Å². The Morgan fingerprint density at radius 1 is 1.07 bits per heavy atom. The summed E-state index contributed by atoms with van der Waals surface area (Å²) in [5.41, 5.74) is 5.86. The Kier molecular flexibility index (Phi) is 8.22. The van der Waals surface area contributed by atoms with Crippen molar-refractivity contribution in [1.82, 2.24) is 14.9 Å². The average molecular weight is 631 g/mol. The van der Waals surface area contributed by atoms with Crippen LogP contribution in [0.5, 0.6) is 5.75 Å². The van der Waals surface area contributed by atoms with Crippen molar-refractivity contribution in [3.8, 4) is 11.4 Å². The average Bonchev–Trinajstić information content (AvgIpc) is 3.52. The minimum atomic E-state index is -0.377. The second kappa shape index (κ2) is 12.1. The van der Waals surface area contributed by atoms with Crippen LogP contribution in [0, 0.1) is 29.9 Å². The second-order valence-corrected chi connectivity index (χ2v) is 12.4.